The van der Waals surface area contributed by atoms with Crippen molar-refractivity contribution >= 4 is 27.3 Å². The van der Waals surface area contributed by atoms with Crippen LogP contribution in [0.1, 0.15) is 24.8 Å². The minimum absolute atomic E-state index is 0.885. The maximum Gasteiger partial charge on any atom is 0.166 e. The van der Waals surface area contributed by atoms with Crippen LogP contribution in [0.5, 0.6) is 0 Å². The molecule has 0 atom stereocenters. The van der Waals surface area contributed by atoms with Crippen molar-refractivity contribution < 1.29 is 0 Å². The van der Waals surface area contributed by atoms with E-state index >= 15 is 0 Å². The molecule has 2 aromatic rings. The van der Waals surface area contributed by atoms with Crippen molar-refractivity contribution in [2.45, 2.75) is 26.2 Å². The molecule has 0 unspecified atom stereocenters. The summed E-state index contributed by atoms with van der Waals surface area (Å²) in [5.74, 6) is 0. The highest BCUT2D eigenvalue weighted by molar-refractivity contribution is 9.10. The van der Waals surface area contributed by atoms with Gasteiger partial charge in [-0.2, -0.15) is 0 Å². The number of nitrogens with zero attached hydrogens (tertiary/aromatic N) is 3. The number of pyridine rings is 1. The molecule has 0 bridgehead atoms. The third-order valence-electron chi connectivity index (χ3n) is 2.58. The van der Waals surface area contributed by atoms with Gasteiger partial charge < -0.3 is 5.32 Å². The highest BCUT2D eigenvalue weighted by Gasteiger charge is 2.07. The molecule has 0 aliphatic heterocycles. The van der Waals surface area contributed by atoms with E-state index in [2.05, 4.69) is 43.4 Å². The summed E-state index contributed by atoms with van der Waals surface area (Å²) in [4.78, 5) is 4.33. The maximum absolute atomic E-state index is 4.33. The summed E-state index contributed by atoms with van der Waals surface area (Å²) in [5, 5.41) is 13.8. The van der Waals surface area contributed by atoms with Gasteiger partial charge in [0.1, 0.15) is 10.7 Å². The van der Waals surface area contributed by atoms with Gasteiger partial charge in [-0.15, -0.1) is 10.2 Å². The first kappa shape index (κ1) is 14.6. The zero-order valence-electron chi connectivity index (χ0n) is 10.9. The van der Waals surface area contributed by atoms with E-state index in [1.807, 2.05) is 12.1 Å². The van der Waals surface area contributed by atoms with Crippen LogP contribution in [0.2, 0.25) is 0 Å². The first-order valence-electron chi connectivity index (χ1n) is 6.44. The number of hydrogen-bond donors (Lipinski definition) is 1. The average molecular weight is 341 g/mol. The predicted octanol–water partition coefficient (Wildman–Crippen LogP) is 3.29. The second-order valence-corrected chi connectivity index (χ2v) is 6.19. The van der Waals surface area contributed by atoms with Crippen LogP contribution in [0.25, 0.3) is 10.7 Å². The lowest BCUT2D eigenvalue weighted by Crippen LogP contribution is -2.16. The molecule has 6 heteroatoms. The van der Waals surface area contributed by atoms with Crippen molar-refractivity contribution in [1.29, 1.82) is 0 Å². The van der Waals surface area contributed by atoms with E-state index in [-0.39, 0.29) is 0 Å². The molecule has 0 saturated heterocycles. The van der Waals surface area contributed by atoms with Crippen LogP contribution in [-0.2, 0) is 6.42 Å². The number of halogens is 1. The Kier molecular flexibility index (Phi) is 5.88. The van der Waals surface area contributed by atoms with E-state index < -0.39 is 0 Å². The largest absolute Gasteiger partial charge is 0.317 e. The molecule has 0 spiro atoms. The second-order valence-electron chi connectivity index (χ2n) is 4.22. The van der Waals surface area contributed by atoms with Crippen LogP contribution in [-0.4, -0.2) is 28.3 Å². The molecule has 2 rings (SSSR count). The smallest absolute Gasteiger partial charge is 0.166 e. The van der Waals surface area contributed by atoms with Gasteiger partial charge >= 0.3 is 0 Å². The third-order valence-corrected chi connectivity index (χ3v) is 4.06. The molecule has 0 aromatic carbocycles. The van der Waals surface area contributed by atoms with Gasteiger partial charge in [-0.1, -0.05) is 18.3 Å². The molecule has 0 aliphatic carbocycles. The Hall–Kier alpha value is -0.850. The highest BCUT2D eigenvalue weighted by atomic mass is 79.9. The van der Waals surface area contributed by atoms with Crippen LogP contribution in [0.4, 0.5) is 0 Å². The zero-order chi connectivity index (χ0) is 13.5. The molecule has 2 heterocycles. The molecule has 102 valence electrons. The Labute approximate surface area is 125 Å². The summed E-state index contributed by atoms with van der Waals surface area (Å²) in [6, 6.07) is 3.93. The van der Waals surface area contributed by atoms with E-state index in [9.17, 15) is 0 Å². The molecule has 0 aliphatic rings. The lowest BCUT2D eigenvalue weighted by atomic mass is 10.3. The van der Waals surface area contributed by atoms with Crippen LogP contribution in [0, 0.1) is 0 Å². The Morgan fingerprint density at radius 1 is 1.26 bits per heavy atom. The van der Waals surface area contributed by atoms with E-state index in [0.29, 0.717) is 0 Å². The lowest BCUT2D eigenvalue weighted by molar-refractivity contribution is 0.637. The summed E-state index contributed by atoms with van der Waals surface area (Å²) < 4.78 is 0.975. The first-order valence-corrected chi connectivity index (χ1v) is 8.05. The maximum atomic E-state index is 4.33. The number of aromatic nitrogens is 3. The van der Waals surface area contributed by atoms with Gasteiger partial charge in [-0.3, -0.25) is 4.98 Å². The lowest BCUT2D eigenvalue weighted by Gasteiger charge is -1.99. The Morgan fingerprint density at radius 2 is 2.16 bits per heavy atom. The van der Waals surface area contributed by atoms with Gasteiger partial charge in [0.15, 0.2) is 5.01 Å². The van der Waals surface area contributed by atoms with Crippen LogP contribution in [0.3, 0.4) is 0 Å². The minimum Gasteiger partial charge on any atom is -0.317 e. The van der Waals surface area contributed by atoms with Gasteiger partial charge in [0.25, 0.3) is 0 Å². The molecular formula is C13H17BrN4S. The third kappa shape index (κ3) is 4.63. The molecule has 0 fully saturated rings. The van der Waals surface area contributed by atoms with Gasteiger partial charge in [-0.05, 0) is 54.0 Å². The van der Waals surface area contributed by atoms with E-state index in [4.69, 9.17) is 0 Å². The minimum atomic E-state index is 0.885. The monoisotopic (exact) mass is 340 g/mol. The van der Waals surface area contributed by atoms with Crippen molar-refractivity contribution in [1.82, 2.24) is 20.5 Å². The van der Waals surface area contributed by atoms with Gasteiger partial charge in [0.2, 0.25) is 0 Å². The first-order chi connectivity index (χ1) is 9.29. The van der Waals surface area contributed by atoms with Gasteiger partial charge in [-0.25, -0.2) is 0 Å². The summed E-state index contributed by atoms with van der Waals surface area (Å²) in [6.45, 7) is 4.30. The summed E-state index contributed by atoms with van der Waals surface area (Å²) in [6.07, 6.45) is 5.04. The van der Waals surface area contributed by atoms with Crippen molar-refractivity contribution in [3.8, 4) is 10.7 Å². The fourth-order valence-corrected chi connectivity index (χ4v) is 2.72. The second kappa shape index (κ2) is 7.67. The average Bonchev–Trinajstić information content (AvgIpc) is 2.88. The fraction of sp³-hybridized carbons (Fsp3) is 0.462. The van der Waals surface area contributed by atoms with Crippen molar-refractivity contribution in [2.75, 3.05) is 13.1 Å². The number of nitrogens with one attached hydrogen (secondary N) is 1. The van der Waals surface area contributed by atoms with E-state index in [1.54, 1.807) is 17.5 Å². The Bertz CT molecular complexity index is 498. The molecule has 0 saturated carbocycles. The molecule has 0 amide bonds. The number of aryl methyl sites for hydroxylation is 1. The number of hydrogen-bond acceptors (Lipinski definition) is 5. The fourth-order valence-electron chi connectivity index (χ4n) is 1.63. The van der Waals surface area contributed by atoms with E-state index in [1.165, 1.54) is 6.42 Å². The predicted molar refractivity (Wildman–Crippen MR) is 82.3 cm³/mol. The van der Waals surface area contributed by atoms with Crippen LogP contribution >= 0.6 is 27.3 Å². The van der Waals surface area contributed by atoms with Crippen LogP contribution in [0.15, 0.2) is 22.8 Å². The Morgan fingerprint density at radius 3 is 2.89 bits per heavy atom. The molecular weight excluding hydrogens is 324 g/mol. The van der Waals surface area contributed by atoms with Crippen LogP contribution < -0.4 is 5.32 Å². The summed E-state index contributed by atoms with van der Waals surface area (Å²) in [5.41, 5.74) is 0.885. The summed E-state index contributed by atoms with van der Waals surface area (Å²) in [7, 11) is 0. The summed E-state index contributed by atoms with van der Waals surface area (Å²) >= 11 is 5.00. The Balaban J connectivity index is 1.86. The molecule has 0 radical (unpaired) electrons. The molecule has 2 aromatic heterocycles. The van der Waals surface area contributed by atoms with E-state index in [0.717, 1.165) is 46.1 Å². The molecule has 19 heavy (non-hydrogen) atoms. The zero-order valence-corrected chi connectivity index (χ0v) is 13.3. The number of rotatable bonds is 7. The highest BCUT2D eigenvalue weighted by Crippen LogP contribution is 2.23. The quantitative estimate of drug-likeness (QED) is 0.785. The van der Waals surface area contributed by atoms with Crippen molar-refractivity contribution in [2.24, 2.45) is 0 Å². The molecule has 1 N–H and O–H groups in total. The SMILES string of the molecule is CCCNCCCc1nnc(-c2ccc(Br)cn2)s1. The van der Waals surface area contributed by atoms with Gasteiger partial charge in [0.05, 0.1) is 0 Å². The molecule has 4 nitrogen and oxygen atoms in total. The van der Waals surface area contributed by atoms with Crippen molar-refractivity contribution in [3.63, 3.8) is 0 Å². The standard InChI is InChI=1S/C13H17BrN4S/c1-2-7-15-8-3-4-12-17-18-13(19-12)11-6-5-10(14)9-16-11/h5-6,9,15H,2-4,7-8H2,1H3. The van der Waals surface area contributed by atoms with Crippen molar-refractivity contribution in [3.05, 3.63) is 27.8 Å². The topological polar surface area (TPSA) is 50.7 Å². The van der Waals surface area contributed by atoms with Gasteiger partial charge in [0, 0.05) is 17.1 Å². The normalized spacial score (nSPS) is 10.8.